The van der Waals surface area contributed by atoms with Gasteiger partial charge in [-0.3, -0.25) is 4.68 Å². The predicted octanol–water partition coefficient (Wildman–Crippen LogP) is 2.52. The van der Waals surface area contributed by atoms with Crippen molar-refractivity contribution in [1.29, 1.82) is 0 Å². The molecule has 1 aromatic heterocycles. The maximum Gasteiger partial charge on any atom is 0.0522 e. The number of nitrogens with one attached hydrogen (secondary N) is 1. The minimum Gasteiger partial charge on any atom is -0.313 e. The third-order valence-electron chi connectivity index (χ3n) is 4.07. The number of hydrogen-bond donors (Lipinski definition) is 1. The van der Waals surface area contributed by atoms with Crippen LogP contribution in [0.25, 0.3) is 0 Å². The highest BCUT2D eigenvalue weighted by atomic mass is 15.2. The normalized spacial score (nSPS) is 23.8. The molecule has 0 aromatic carbocycles. The van der Waals surface area contributed by atoms with Gasteiger partial charge in [0, 0.05) is 19.3 Å². The van der Waals surface area contributed by atoms with Crippen molar-refractivity contribution in [3.05, 3.63) is 18.0 Å². The van der Waals surface area contributed by atoms with E-state index < -0.39 is 0 Å². The van der Waals surface area contributed by atoms with Crippen molar-refractivity contribution in [1.82, 2.24) is 15.1 Å². The summed E-state index contributed by atoms with van der Waals surface area (Å²) in [7, 11) is 1.97. The van der Waals surface area contributed by atoms with E-state index in [-0.39, 0.29) is 0 Å². The van der Waals surface area contributed by atoms with Crippen LogP contribution in [0.15, 0.2) is 12.4 Å². The van der Waals surface area contributed by atoms with E-state index in [1.54, 1.807) is 0 Å². The van der Waals surface area contributed by atoms with Gasteiger partial charge >= 0.3 is 0 Å². The van der Waals surface area contributed by atoms with E-state index in [2.05, 4.69) is 30.5 Å². The first kappa shape index (κ1) is 12.6. The molecular weight excluding hydrogens is 210 g/mol. The van der Waals surface area contributed by atoms with Crippen LogP contribution in [-0.2, 0) is 13.5 Å². The van der Waals surface area contributed by atoms with Crippen LogP contribution in [0.4, 0.5) is 0 Å². The third-order valence-corrected chi connectivity index (χ3v) is 4.07. The smallest absolute Gasteiger partial charge is 0.0522 e. The molecule has 1 aromatic rings. The fraction of sp³-hybridized carbons (Fsp3) is 0.786. The van der Waals surface area contributed by atoms with Gasteiger partial charge in [-0.2, -0.15) is 5.10 Å². The van der Waals surface area contributed by atoms with Gasteiger partial charge in [0.25, 0.3) is 0 Å². The summed E-state index contributed by atoms with van der Waals surface area (Å²) < 4.78 is 1.87. The summed E-state index contributed by atoms with van der Waals surface area (Å²) in [6.07, 6.45) is 10.6. The van der Waals surface area contributed by atoms with Crippen molar-refractivity contribution in [2.45, 2.75) is 52.0 Å². The molecule has 1 heterocycles. The summed E-state index contributed by atoms with van der Waals surface area (Å²) in [5.74, 6) is 0. The van der Waals surface area contributed by atoms with E-state index in [0.29, 0.717) is 11.5 Å². The monoisotopic (exact) mass is 235 g/mol. The number of nitrogens with zero attached hydrogens (tertiary/aromatic N) is 2. The molecule has 1 saturated carbocycles. The second kappa shape index (κ2) is 5.21. The molecule has 0 saturated heterocycles. The van der Waals surface area contributed by atoms with Gasteiger partial charge in [0.05, 0.1) is 6.20 Å². The lowest BCUT2D eigenvalue weighted by atomic mass is 9.73. The Morgan fingerprint density at radius 3 is 2.94 bits per heavy atom. The average molecular weight is 235 g/mol. The summed E-state index contributed by atoms with van der Waals surface area (Å²) in [5, 5.41) is 7.93. The first-order valence-electron chi connectivity index (χ1n) is 6.79. The van der Waals surface area contributed by atoms with Crippen LogP contribution in [-0.4, -0.2) is 22.4 Å². The van der Waals surface area contributed by atoms with Crippen molar-refractivity contribution in [3.8, 4) is 0 Å². The summed E-state index contributed by atoms with van der Waals surface area (Å²) >= 11 is 0. The minimum atomic E-state index is 0.465. The first-order valence-corrected chi connectivity index (χ1v) is 6.79. The Labute approximate surface area is 105 Å². The van der Waals surface area contributed by atoms with Gasteiger partial charge in [0.1, 0.15) is 0 Å². The SMILES string of the molecule is Cn1cc(CCNC2CCCCC2(C)C)cn1. The van der Waals surface area contributed by atoms with E-state index in [1.165, 1.54) is 31.2 Å². The maximum absolute atomic E-state index is 4.20. The molecule has 96 valence electrons. The molecule has 1 fully saturated rings. The molecule has 0 spiro atoms. The number of aryl methyl sites for hydroxylation is 1. The molecule has 1 aliphatic carbocycles. The molecule has 2 rings (SSSR count). The van der Waals surface area contributed by atoms with Crippen molar-refractivity contribution < 1.29 is 0 Å². The van der Waals surface area contributed by atoms with Crippen molar-refractivity contribution in [3.63, 3.8) is 0 Å². The maximum atomic E-state index is 4.20. The Hall–Kier alpha value is -0.830. The molecule has 3 nitrogen and oxygen atoms in total. The lowest BCUT2D eigenvalue weighted by molar-refractivity contribution is 0.169. The summed E-state index contributed by atoms with van der Waals surface area (Å²) in [6, 6.07) is 0.688. The Bertz CT molecular complexity index is 354. The van der Waals surface area contributed by atoms with Crippen LogP contribution in [0.5, 0.6) is 0 Å². The van der Waals surface area contributed by atoms with Crippen molar-refractivity contribution >= 4 is 0 Å². The van der Waals surface area contributed by atoms with Crippen LogP contribution in [0.1, 0.15) is 45.1 Å². The van der Waals surface area contributed by atoms with Gasteiger partial charge in [-0.05, 0) is 36.8 Å². The Balaban J connectivity index is 1.77. The largest absolute Gasteiger partial charge is 0.313 e. The van der Waals surface area contributed by atoms with Crippen LogP contribution < -0.4 is 5.32 Å². The van der Waals surface area contributed by atoms with Crippen LogP contribution in [0.2, 0.25) is 0 Å². The van der Waals surface area contributed by atoms with Crippen LogP contribution >= 0.6 is 0 Å². The number of hydrogen-bond acceptors (Lipinski definition) is 2. The highest BCUT2D eigenvalue weighted by Gasteiger charge is 2.31. The fourth-order valence-electron chi connectivity index (χ4n) is 2.86. The van der Waals surface area contributed by atoms with E-state index in [1.807, 2.05) is 17.9 Å². The molecule has 0 radical (unpaired) electrons. The predicted molar refractivity (Wildman–Crippen MR) is 71.0 cm³/mol. The highest BCUT2D eigenvalue weighted by Crippen LogP contribution is 2.35. The summed E-state index contributed by atoms with van der Waals surface area (Å²) in [4.78, 5) is 0. The topological polar surface area (TPSA) is 29.9 Å². The molecule has 3 heteroatoms. The van der Waals surface area contributed by atoms with Gasteiger partial charge in [0.15, 0.2) is 0 Å². The van der Waals surface area contributed by atoms with E-state index >= 15 is 0 Å². The van der Waals surface area contributed by atoms with Gasteiger partial charge in [-0.15, -0.1) is 0 Å². The minimum absolute atomic E-state index is 0.465. The van der Waals surface area contributed by atoms with Crippen LogP contribution in [0, 0.1) is 5.41 Å². The molecule has 0 bridgehead atoms. The Morgan fingerprint density at radius 1 is 1.47 bits per heavy atom. The highest BCUT2D eigenvalue weighted by molar-refractivity contribution is 5.04. The molecule has 1 aliphatic rings. The third kappa shape index (κ3) is 3.32. The molecule has 1 unspecified atom stereocenters. The molecule has 0 aliphatic heterocycles. The van der Waals surface area contributed by atoms with Gasteiger partial charge in [-0.25, -0.2) is 0 Å². The van der Waals surface area contributed by atoms with E-state index in [9.17, 15) is 0 Å². The average Bonchev–Trinajstić information content (AvgIpc) is 2.67. The zero-order valence-electron chi connectivity index (χ0n) is 11.4. The zero-order chi connectivity index (χ0) is 12.3. The molecule has 1 N–H and O–H groups in total. The van der Waals surface area contributed by atoms with Crippen molar-refractivity contribution in [2.24, 2.45) is 12.5 Å². The molecule has 0 amide bonds. The van der Waals surface area contributed by atoms with Crippen molar-refractivity contribution in [2.75, 3.05) is 6.54 Å². The summed E-state index contributed by atoms with van der Waals surface area (Å²) in [5.41, 5.74) is 1.79. The lowest BCUT2D eigenvalue weighted by Gasteiger charge is -2.39. The second-order valence-corrected chi connectivity index (χ2v) is 6.01. The van der Waals surface area contributed by atoms with E-state index in [4.69, 9.17) is 0 Å². The molecular formula is C14H25N3. The van der Waals surface area contributed by atoms with E-state index in [0.717, 1.165) is 13.0 Å². The van der Waals surface area contributed by atoms with Gasteiger partial charge in [0.2, 0.25) is 0 Å². The Kier molecular flexibility index (Phi) is 3.87. The standard InChI is InChI=1S/C14H25N3/c1-14(2)8-5-4-6-13(14)15-9-7-12-10-16-17(3)11-12/h10-11,13,15H,4-9H2,1-3H3. The fourth-order valence-corrected chi connectivity index (χ4v) is 2.86. The first-order chi connectivity index (χ1) is 8.08. The molecule has 1 atom stereocenters. The van der Waals surface area contributed by atoms with Crippen LogP contribution in [0.3, 0.4) is 0 Å². The Morgan fingerprint density at radius 2 is 2.29 bits per heavy atom. The van der Waals surface area contributed by atoms with Gasteiger partial charge < -0.3 is 5.32 Å². The molecule has 17 heavy (non-hydrogen) atoms. The summed E-state index contributed by atoms with van der Waals surface area (Å²) in [6.45, 7) is 5.86. The number of rotatable bonds is 4. The zero-order valence-corrected chi connectivity index (χ0v) is 11.4. The quantitative estimate of drug-likeness (QED) is 0.869. The second-order valence-electron chi connectivity index (χ2n) is 6.01. The lowest BCUT2D eigenvalue weighted by Crippen LogP contribution is -2.44. The number of aromatic nitrogens is 2. The van der Waals surface area contributed by atoms with Gasteiger partial charge in [-0.1, -0.05) is 26.7 Å².